The summed E-state index contributed by atoms with van der Waals surface area (Å²) in [6.07, 6.45) is 0. The number of carbonyl (C=O) groups is 2. The molecular weight excluding hydrogens is 346 g/mol. The van der Waals surface area contributed by atoms with E-state index in [1.54, 1.807) is 23.2 Å². The normalized spacial score (nSPS) is 14.8. The summed E-state index contributed by atoms with van der Waals surface area (Å²) in [5, 5.41) is 2.06. The minimum Gasteiger partial charge on any atom is -0.339 e. The molecule has 1 aliphatic heterocycles. The van der Waals surface area contributed by atoms with Crippen molar-refractivity contribution in [3.8, 4) is 0 Å². The molecule has 0 unspecified atom stereocenters. The maximum Gasteiger partial charge on any atom is 0.270 e. The van der Waals surface area contributed by atoms with Gasteiger partial charge in [-0.3, -0.25) is 9.59 Å². The fraction of sp³-hybridized carbons (Fsp3) is 0.300. The van der Waals surface area contributed by atoms with Crippen LogP contribution < -0.4 is 0 Å². The maximum atomic E-state index is 13.2. The zero-order valence-corrected chi connectivity index (χ0v) is 15.5. The highest BCUT2D eigenvalue weighted by atomic mass is 32.1. The van der Waals surface area contributed by atoms with Gasteiger partial charge < -0.3 is 14.4 Å². The number of hydrogen-bond acceptors (Lipinski definition) is 3. The SMILES string of the molecule is CC(=O)N1CCN(C(=O)c2cc3sccc3n2Cc2ccccc2)CC1. The van der Waals surface area contributed by atoms with Gasteiger partial charge in [-0.1, -0.05) is 30.3 Å². The first-order valence-corrected chi connectivity index (χ1v) is 9.67. The number of fused-ring (bicyclic) bond motifs is 1. The number of benzene rings is 1. The van der Waals surface area contributed by atoms with Gasteiger partial charge in [0.25, 0.3) is 5.91 Å². The Kier molecular flexibility index (Phi) is 4.51. The van der Waals surface area contributed by atoms with Gasteiger partial charge in [-0.25, -0.2) is 0 Å². The molecule has 3 heterocycles. The summed E-state index contributed by atoms with van der Waals surface area (Å²) in [5.74, 6) is 0.123. The standard InChI is InChI=1S/C20H21N3O2S/c1-15(24)21-8-10-22(11-9-21)20(25)18-13-19-17(7-12-26-19)23(18)14-16-5-3-2-4-6-16/h2-7,12-13H,8-11,14H2,1H3. The lowest BCUT2D eigenvalue weighted by Crippen LogP contribution is -2.50. The summed E-state index contributed by atoms with van der Waals surface area (Å²) in [6, 6.07) is 14.3. The second-order valence-corrected chi connectivity index (χ2v) is 7.52. The van der Waals surface area contributed by atoms with Crippen LogP contribution in [0.25, 0.3) is 10.2 Å². The van der Waals surface area contributed by atoms with Crippen LogP contribution in [0.5, 0.6) is 0 Å². The number of nitrogens with zero attached hydrogens (tertiary/aromatic N) is 3. The van der Waals surface area contributed by atoms with Crippen molar-refractivity contribution in [2.24, 2.45) is 0 Å². The van der Waals surface area contributed by atoms with E-state index in [0.29, 0.717) is 32.7 Å². The molecule has 3 aromatic rings. The Morgan fingerprint density at radius 1 is 1.00 bits per heavy atom. The van der Waals surface area contributed by atoms with Gasteiger partial charge in [0.15, 0.2) is 0 Å². The number of piperazine rings is 1. The van der Waals surface area contributed by atoms with Crippen molar-refractivity contribution in [2.75, 3.05) is 26.2 Å². The van der Waals surface area contributed by atoms with E-state index in [1.165, 1.54) is 5.56 Å². The second kappa shape index (κ2) is 6.96. The summed E-state index contributed by atoms with van der Waals surface area (Å²) in [6.45, 7) is 4.64. The lowest BCUT2D eigenvalue weighted by Gasteiger charge is -2.34. The van der Waals surface area contributed by atoms with E-state index in [1.807, 2.05) is 29.2 Å². The Morgan fingerprint density at radius 3 is 2.38 bits per heavy atom. The average Bonchev–Trinajstić information content (AvgIpc) is 3.25. The Bertz CT molecular complexity index is 937. The molecule has 1 fully saturated rings. The lowest BCUT2D eigenvalue weighted by molar-refractivity contribution is -0.130. The van der Waals surface area contributed by atoms with Gasteiger partial charge in [0, 0.05) is 39.6 Å². The molecular formula is C20H21N3O2S. The number of carbonyl (C=O) groups excluding carboxylic acids is 2. The van der Waals surface area contributed by atoms with E-state index >= 15 is 0 Å². The molecule has 2 amide bonds. The first-order valence-electron chi connectivity index (χ1n) is 8.79. The molecule has 0 saturated carbocycles. The van der Waals surface area contributed by atoms with Crippen molar-refractivity contribution < 1.29 is 9.59 Å². The molecule has 26 heavy (non-hydrogen) atoms. The van der Waals surface area contributed by atoms with E-state index in [-0.39, 0.29) is 11.8 Å². The van der Waals surface area contributed by atoms with Crippen molar-refractivity contribution >= 4 is 33.4 Å². The van der Waals surface area contributed by atoms with Crippen molar-refractivity contribution in [1.29, 1.82) is 0 Å². The zero-order valence-electron chi connectivity index (χ0n) is 14.7. The van der Waals surface area contributed by atoms with Crippen LogP contribution in [0.1, 0.15) is 23.0 Å². The van der Waals surface area contributed by atoms with Gasteiger partial charge in [0.1, 0.15) is 5.69 Å². The minimum absolute atomic E-state index is 0.0486. The fourth-order valence-electron chi connectivity index (χ4n) is 3.48. The summed E-state index contributed by atoms with van der Waals surface area (Å²) in [7, 11) is 0. The first kappa shape index (κ1) is 16.8. The molecule has 5 nitrogen and oxygen atoms in total. The second-order valence-electron chi connectivity index (χ2n) is 6.57. The zero-order chi connectivity index (χ0) is 18.1. The molecule has 0 radical (unpaired) electrons. The highest BCUT2D eigenvalue weighted by Gasteiger charge is 2.26. The predicted molar refractivity (Wildman–Crippen MR) is 104 cm³/mol. The molecule has 1 saturated heterocycles. The molecule has 6 heteroatoms. The Morgan fingerprint density at radius 2 is 1.69 bits per heavy atom. The highest BCUT2D eigenvalue weighted by Crippen LogP contribution is 2.27. The highest BCUT2D eigenvalue weighted by molar-refractivity contribution is 7.17. The van der Waals surface area contributed by atoms with Crippen molar-refractivity contribution in [3.63, 3.8) is 0 Å². The molecule has 1 aliphatic rings. The van der Waals surface area contributed by atoms with Gasteiger partial charge in [0.05, 0.1) is 10.2 Å². The van der Waals surface area contributed by atoms with Gasteiger partial charge >= 0.3 is 0 Å². The number of rotatable bonds is 3. The minimum atomic E-state index is 0.0486. The Hall–Kier alpha value is -2.60. The Labute approximate surface area is 156 Å². The quantitative estimate of drug-likeness (QED) is 0.714. The number of amides is 2. The van der Waals surface area contributed by atoms with Crippen molar-refractivity contribution in [3.05, 3.63) is 59.1 Å². The van der Waals surface area contributed by atoms with Gasteiger partial charge in [-0.2, -0.15) is 0 Å². The molecule has 4 rings (SSSR count). The number of hydrogen-bond donors (Lipinski definition) is 0. The van der Waals surface area contributed by atoms with E-state index in [9.17, 15) is 9.59 Å². The van der Waals surface area contributed by atoms with Gasteiger partial charge in [-0.15, -0.1) is 11.3 Å². The number of aromatic nitrogens is 1. The van der Waals surface area contributed by atoms with E-state index in [2.05, 4.69) is 28.1 Å². The molecule has 134 valence electrons. The molecule has 0 bridgehead atoms. The molecule has 0 spiro atoms. The molecule has 0 atom stereocenters. The van der Waals surface area contributed by atoms with Crippen LogP contribution in [-0.4, -0.2) is 52.4 Å². The van der Waals surface area contributed by atoms with Crippen molar-refractivity contribution in [1.82, 2.24) is 14.4 Å². The van der Waals surface area contributed by atoms with E-state index in [4.69, 9.17) is 0 Å². The molecule has 0 aliphatic carbocycles. The van der Waals surface area contributed by atoms with E-state index < -0.39 is 0 Å². The monoisotopic (exact) mass is 367 g/mol. The van der Waals surface area contributed by atoms with Crippen LogP contribution in [0.3, 0.4) is 0 Å². The van der Waals surface area contributed by atoms with Gasteiger partial charge in [-0.05, 0) is 23.1 Å². The third kappa shape index (κ3) is 3.12. The average molecular weight is 367 g/mol. The third-order valence-corrected chi connectivity index (χ3v) is 5.79. The van der Waals surface area contributed by atoms with Crippen LogP contribution in [0, 0.1) is 0 Å². The third-order valence-electron chi connectivity index (χ3n) is 4.94. The number of thiophene rings is 1. The largest absolute Gasteiger partial charge is 0.339 e. The first-order chi connectivity index (χ1) is 12.6. The predicted octanol–water partition coefficient (Wildman–Crippen LogP) is 3.06. The summed E-state index contributed by atoms with van der Waals surface area (Å²) in [4.78, 5) is 28.3. The summed E-state index contributed by atoms with van der Waals surface area (Å²) in [5.41, 5.74) is 3.00. The van der Waals surface area contributed by atoms with Gasteiger partial charge in [0.2, 0.25) is 5.91 Å². The summed E-state index contributed by atoms with van der Waals surface area (Å²) < 4.78 is 3.24. The summed E-state index contributed by atoms with van der Waals surface area (Å²) >= 11 is 1.66. The van der Waals surface area contributed by atoms with Crippen LogP contribution in [-0.2, 0) is 11.3 Å². The van der Waals surface area contributed by atoms with Crippen LogP contribution in [0.4, 0.5) is 0 Å². The molecule has 1 aromatic carbocycles. The fourth-order valence-corrected chi connectivity index (χ4v) is 4.30. The van der Waals surface area contributed by atoms with Crippen molar-refractivity contribution in [2.45, 2.75) is 13.5 Å². The van der Waals surface area contributed by atoms with Crippen LogP contribution in [0.15, 0.2) is 47.8 Å². The molecule has 2 aromatic heterocycles. The maximum absolute atomic E-state index is 13.2. The topological polar surface area (TPSA) is 45.6 Å². The smallest absolute Gasteiger partial charge is 0.270 e. The Balaban J connectivity index is 1.62. The lowest BCUT2D eigenvalue weighted by atomic mass is 10.2. The van der Waals surface area contributed by atoms with Crippen LogP contribution in [0.2, 0.25) is 0 Å². The molecule has 0 N–H and O–H groups in total. The van der Waals surface area contributed by atoms with E-state index in [0.717, 1.165) is 15.9 Å². The van der Waals surface area contributed by atoms with Crippen LogP contribution >= 0.6 is 11.3 Å².